The third kappa shape index (κ3) is 2.46. The van der Waals surface area contributed by atoms with Gasteiger partial charge in [-0.1, -0.05) is 23.7 Å². The topological polar surface area (TPSA) is 44.8 Å². The highest BCUT2D eigenvalue weighted by Crippen LogP contribution is 2.37. The SMILES string of the molecule is COC(=O)c1c(Cl)cccc1B1OC(C)(C)C(C)(C)O1. The quantitative estimate of drug-likeness (QED) is 0.621. The number of carbonyl (C=O) groups excluding carboxylic acids is 1. The zero-order valence-electron chi connectivity index (χ0n) is 12.3. The van der Waals surface area contributed by atoms with Crippen LogP contribution >= 0.6 is 11.6 Å². The van der Waals surface area contributed by atoms with Gasteiger partial charge in [0.1, 0.15) is 0 Å². The first-order chi connectivity index (χ1) is 9.19. The lowest BCUT2D eigenvalue weighted by molar-refractivity contribution is 0.00578. The maximum atomic E-state index is 11.9. The molecule has 4 nitrogen and oxygen atoms in total. The first-order valence-electron chi connectivity index (χ1n) is 6.42. The van der Waals surface area contributed by atoms with Gasteiger partial charge in [-0.3, -0.25) is 0 Å². The Balaban J connectivity index is 2.46. The molecule has 2 rings (SSSR count). The van der Waals surface area contributed by atoms with Gasteiger partial charge in [0.05, 0.1) is 28.9 Å². The van der Waals surface area contributed by atoms with Crippen molar-refractivity contribution in [2.75, 3.05) is 7.11 Å². The average Bonchev–Trinajstić information content (AvgIpc) is 2.57. The molecule has 108 valence electrons. The molecule has 1 saturated heterocycles. The molecule has 1 aromatic carbocycles. The highest BCUT2D eigenvalue weighted by atomic mass is 35.5. The Morgan fingerprint density at radius 1 is 1.20 bits per heavy atom. The van der Waals surface area contributed by atoms with E-state index in [1.165, 1.54) is 7.11 Å². The van der Waals surface area contributed by atoms with Crippen LogP contribution in [0.2, 0.25) is 5.02 Å². The summed E-state index contributed by atoms with van der Waals surface area (Å²) < 4.78 is 16.7. The van der Waals surface area contributed by atoms with Crippen molar-refractivity contribution in [3.63, 3.8) is 0 Å². The maximum absolute atomic E-state index is 11.9. The van der Waals surface area contributed by atoms with Crippen LogP contribution in [0.3, 0.4) is 0 Å². The molecule has 1 aliphatic heterocycles. The number of esters is 1. The molecule has 20 heavy (non-hydrogen) atoms. The number of rotatable bonds is 2. The predicted octanol–water partition coefficient (Wildman–Crippen LogP) is 2.43. The van der Waals surface area contributed by atoms with Gasteiger partial charge >= 0.3 is 13.1 Å². The molecule has 0 spiro atoms. The van der Waals surface area contributed by atoms with Gasteiger partial charge in [-0.25, -0.2) is 4.79 Å². The summed E-state index contributed by atoms with van der Waals surface area (Å²) >= 11 is 6.11. The van der Waals surface area contributed by atoms with E-state index in [-0.39, 0.29) is 5.56 Å². The molecular formula is C14H18BClO4. The van der Waals surface area contributed by atoms with Gasteiger partial charge in [0.2, 0.25) is 0 Å². The van der Waals surface area contributed by atoms with Crippen LogP contribution in [0.25, 0.3) is 0 Å². The Hall–Kier alpha value is -1.04. The van der Waals surface area contributed by atoms with E-state index in [4.69, 9.17) is 25.6 Å². The van der Waals surface area contributed by atoms with Crippen molar-refractivity contribution in [3.05, 3.63) is 28.8 Å². The molecule has 1 heterocycles. The summed E-state index contributed by atoms with van der Waals surface area (Å²) in [7, 11) is 0.674. The van der Waals surface area contributed by atoms with E-state index in [0.29, 0.717) is 10.5 Å². The highest BCUT2D eigenvalue weighted by molar-refractivity contribution is 6.64. The largest absolute Gasteiger partial charge is 0.495 e. The van der Waals surface area contributed by atoms with Crippen LogP contribution in [0.1, 0.15) is 38.1 Å². The fourth-order valence-corrected chi connectivity index (χ4v) is 2.28. The van der Waals surface area contributed by atoms with Crippen molar-refractivity contribution < 1.29 is 18.8 Å². The second-order valence-electron chi connectivity index (χ2n) is 5.78. The predicted molar refractivity (Wildman–Crippen MR) is 78.5 cm³/mol. The van der Waals surface area contributed by atoms with Crippen molar-refractivity contribution >= 4 is 30.2 Å². The minimum absolute atomic E-state index is 0.287. The monoisotopic (exact) mass is 296 g/mol. The first kappa shape index (κ1) is 15.4. The second-order valence-corrected chi connectivity index (χ2v) is 6.19. The molecule has 1 aliphatic rings. The molecule has 0 unspecified atom stereocenters. The molecule has 0 atom stereocenters. The number of hydrogen-bond donors (Lipinski definition) is 0. The molecule has 0 aromatic heterocycles. The number of carbonyl (C=O) groups is 1. The van der Waals surface area contributed by atoms with Crippen molar-refractivity contribution in [2.45, 2.75) is 38.9 Å². The second kappa shape index (κ2) is 5.06. The highest BCUT2D eigenvalue weighted by Gasteiger charge is 2.52. The van der Waals surface area contributed by atoms with Crippen molar-refractivity contribution in [1.29, 1.82) is 0 Å². The number of ether oxygens (including phenoxy) is 1. The summed E-state index contributed by atoms with van der Waals surface area (Å²) in [6.45, 7) is 7.81. The summed E-state index contributed by atoms with van der Waals surface area (Å²) in [5.74, 6) is -0.500. The molecule has 0 amide bonds. The van der Waals surface area contributed by atoms with E-state index in [1.54, 1.807) is 18.2 Å². The van der Waals surface area contributed by atoms with Crippen LogP contribution in [-0.4, -0.2) is 31.4 Å². The summed E-state index contributed by atoms with van der Waals surface area (Å²) in [6.07, 6.45) is 0. The molecule has 0 saturated carbocycles. The summed E-state index contributed by atoms with van der Waals surface area (Å²) in [4.78, 5) is 11.9. The third-order valence-corrected chi connectivity index (χ3v) is 4.26. The van der Waals surface area contributed by atoms with E-state index >= 15 is 0 Å². The Morgan fingerprint density at radius 3 is 2.25 bits per heavy atom. The van der Waals surface area contributed by atoms with Crippen molar-refractivity contribution in [3.8, 4) is 0 Å². The van der Waals surface area contributed by atoms with Crippen molar-refractivity contribution in [2.24, 2.45) is 0 Å². The van der Waals surface area contributed by atoms with Crippen LogP contribution in [0.4, 0.5) is 0 Å². The summed E-state index contributed by atoms with van der Waals surface area (Å²) in [5, 5.41) is 0.323. The Bertz CT molecular complexity index is 526. The molecule has 1 fully saturated rings. The summed E-state index contributed by atoms with van der Waals surface area (Å²) in [6, 6.07) is 5.16. The van der Waals surface area contributed by atoms with Crippen LogP contribution in [0.15, 0.2) is 18.2 Å². The maximum Gasteiger partial charge on any atom is 0.495 e. The minimum Gasteiger partial charge on any atom is -0.465 e. The van der Waals surface area contributed by atoms with E-state index in [1.807, 2.05) is 27.7 Å². The van der Waals surface area contributed by atoms with Gasteiger partial charge in [-0.2, -0.15) is 0 Å². The van der Waals surface area contributed by atoms with Gasteiger partial charge in [-0.05, 0) is 39.2 Å². The smallest absolute Gasteiger partial charge is 0.465 e. The van der Waals surface area contributed by atoms with Gasteiger partial charge in [0.15, 0.2) is 0 Å². The van der Waals surface area contributed by atoms with E-state index in [2.05, 4.69) is 0 Å². The lowest BCUT2D eigenvalue weighted by Crippen LogP contribution is -2.41. The number of benzene rings is 1. The first-order valence-corrected chi connectivity index (χ1v) is 6.80. The molecule has 0 N–H and O–H groups in total. The minimum atomic E-state index is -0.646. The average molecular weight is 297 g/mol. The van der Waals surface area contributed by atoms with Crippen LogP contribution in [0, 0.1) is 0 Å². The standard InChI is InChI=1S/C14H18BClO4/c1-13(2)14(3,4)20-15(19-13)9-7-6-8-10(16)11(9)12(17)18-5/h6-8H,1-5H3. The van der Waals surface area contributed by atoms with Gasteiger partial charge in [-0.15, -0.1) is 0 Å². The van der Waals surface area contributed by atoms with Gasteiger partial charge < -0.3 is 14.0 Å². The molecule has 1 aromatic rings. The van der Waals surface area contributed by atoms with Crippen molar-refractivity contribution in [1.82, 2.24) is 0 Å². The lowest BCUT2D eigenvalue weighted by Gasteiger charge is -2.32. The molecular weight excluding hydrogens is 278 g/mol. The van der Waals surface area contributed by atoms with Crippen LogP contribution in [0.5, 0.6) is 0 Å². The Labute approximate surface area is 124 Å². The van der Waals surface area contributed by atoms with Crippen LogP contribution < -0.4 is 5.46 Å². The number of methoxy groups -OCH3 is 1. The van der Waals surface area contributed by atoms with Gasteiger partial charge in [0.25, 0.3) is 0 Å². The van der Waals surface area contributed by atoms with Gasteiger partial charge in [0, 0.05) is 0 Å². The fraction of sp³-hybridized carbons (Fsp3) is 0.500. The van der Waals surface area contributed by atoms with E-state index in [9.17, 15) is 4.79 Å². The number of halogens is 1. The zero-order chi connectivity index (χ0) is 15.1. The third-order valence-electron chi connectivity index (χ3n) is 3.94. The van der Waals surface area contributed by atoms with Crippen LogP contribution in [-0.2, 0) is 14.0 Å². The van der Waals surface area contributed by atoms with E-state index in [0.717, 1.165) is 0 Å². The Kier molecular flexibility index (Phi) is 3.89. The van der Waals surface area contributed by atoms with E-state index < -0.39 is 24.3 Å². The molecule has 6 heteroatoms. The lowest BCUT2D eigenvalue weighted by atomic mass is 9.76. The molecule has 0 aliphatic carbocycles. The number of hydrogen-bond acceptors (Lipinski definition) is 4. The fourth-order valence-electron chi connectivity index (χ4n) is 2.02. The molecule has 0 radical (unpaired) electrons. The molecule has 0 bridgehead atoms. The summed E-state index contributed by atoms with van der Waals surface area (Å²) in [5.41, 5.74) is -0.0843. The Morgan fingerprint density at radius 2 is 1.75 bits per heavy atom. The normalized spacial score (nSPS) is 20.0. The zero-order valence-corrected chi connectivity index (χ0v) is 13.1.